The highest BCUT2D eigenvalue weighted by Crippen LogP contribution is 2.64. The van der Waals surface area contributed by atoms with Crippen molar-refractivity contribution in [2.75, 3.05) is 9.80 Å². The van der Waals surface area contributed by atoms with Gasteiger partial charge in [-0.2, -0.15) is 31.4 Å². The molecule has 2 aromatic heterocycles. The Kier molecular flexibility index (Phi) is 8.79. The lowest BCUT2D eigenvalue weighted by Crippen LogP contribution is -2.49. The molecule has 3 fully saturated rings. The normalized spacial score (nSPS) is 25.6. The predicted molar refractivity (Wildman–Crippen MR) is 205 cm³/mol. The molecule has 1 N–H and O–H groups in total. The van der Waals surface area contributed by atoms with Crippen LogP contribution in [0.1, 0.15) is 47.9 Å². The van der Waals surface area contributed by atoms with E-state index >= 15 is 9.18 Å². The number of hydrogen-bond donors (Lipinski definition) is 1. The zero-order valence-electron chi connectivity index (χ0n) is 31.5. The second-order valence-electron chi connectivity index (χ2n) is 15.9. The largest absolute Gasteiger partial charge is 0.505 e. The van der Waals surface area contributed by atoms with Crippen LogP contribution in [-0.4, -0.2) is 38.5 Å². The maximum atomic E-state index is 15.2. The van der Waals surface area contributed by atoms with E-state index in [1.54, 1.807) is 32.2 Å². The maximum absolute atomic E-state index is 15.2. The Morgan fingerprint density at radius 2 is 1.55 bits per heavy atom. The van der Waals surface area contributed by atoms with E-state index in [-0.39, 0.29) is 30.3 Å². The summed E-state index contributed by atoms with van der Waals surface area (Å²) in [5.41, 5.74) is -4.15. The van der Waals surface area contributed by atoms with Gasteiger partial charge in [0, 0.05) is 28.8 Å². The molecule has 6 atom stereocenters. The fourth-order valence-corrected chi connectivity index (χ4v) is 11.2. The molecule has 0 spiro atoms. The minimum atomic E-state index is -5.26. The number of thiophene rings is 1. The average molecular weight is 871 g/mol. The number of anilines is 2. The first-order valence-corrected chi connectivity index (χ1v) is 19.8. The Hall–Kier alpha value is -5.55. The van der Waals surface area contributed by atoms with Crippen LogP contribution in [0.4, 0.5) is 42.2 Å². The molecule has 3 aromatic carbocycles. The van der Waals surface area contributed by atoms with Gasteiger partial charge in [-0.25, -0.2) is 14.2 Å². The summed E-state index contributed by atoms with van der Waals surface area (Å²) in [6, 6.07) is 11.0. The number of aromatic hydroxyl groups is 1. The number of fused-ring (bicyclic) bond motifs is 5. The second-order valence-corrected chi connectivity index (χ2v) is 17.3. The van der Waals surface area contributed by atoms with E-state index in [1.165, 1.54) is 22.1 Å². The third kappa shape index (κ3) is 5.75. The maximum Gasteiger partial charge on any atom is 0.416 e. The lowest BCUT2D eigenvalue weighted by atomic mass is 9.51. The van der Waals surface area contributed by atoms with Crippen LogP contribution in [-0.2, 0) is 38.6 Å². The van der Waals surface area contributed by atoms with Gasteiger partial charge >= 0.3 is 12.4 Å². The third-order valence-corrected chi connectivity index (χ3v) is 14.2. The van der Waals surface area contributed by atoms with Crippen LogP contribution in [0.3, 0.4) is 0 Å². The zero-order chi connectivity index (χ0) is 43.1. The molecular formula is C42H30ClF7N4O5S. The quantitative estimate of drug-likeness (QED) is 0.109. The summed E-state index contributed by atoms with van der Waals surface area (Å²) < 4.78 is 101. The molecule has 0 bridgehead atoms. The smallest absolute Gasteiger partial charge is 0.416 e. The van der Waals surface area contributed by atoms with Crippen LogP contribution in [0.5, 0.6) is 5.75 Å². The van der Waals surface area contributed by atoms with Crippen molar-refractivity contribution >= 4 is 68.2 Å². The average Bonchev–Trinajstić information content (AvgIpc) is 3.85. The Morgan fingerprint density at radius 3 is 2.20 bits per heavy atom. The molecule has 9 nitrogen and oxygen atoms in total. The van der Waals surface area contributed by atoms with Gasteiger partial charge in [0.2, 0.25) is 23.6 Å². The number of aromatic nitrogens is 2. The summed E-state index contributed by atoms with van der Waals surface area (Å²) in [5, 5.41) is 16.2. The molecule has 2 aliphatic carbocycles. The minimum Gasteiger partial charge on any atom is -0.505 e. The molecule has 4 heterocycles. The van der Waals surface area contributed by atoms with Crippen molar-refractivity contribution in [1.82, 2.24) is 9.78 Å². The van der Waals surface area contributed by atoms with Crippen LogP contribution in [0.15, 0.2) is 72.3 Å². The van der Waals surface area contributed by atoms with E-state index in [1.807, 2.05) is 19.1 Å². The van der Waals surface area contributed by atoms with Gasteiger partial charge in [0.05, 0.1) is 44.9 Å². The highest BCUT2D eigenvalue weighted by atomic mass is 35.5. The van der Waals surface area contributed by atoms with E-state index in [4.69, 9.17) is 11.6 Å². The SMILES string of the molecule is Cc1c(-c2cc(N3C(=O)C4CC5C(=CCC6C(=O)N(c7cc(C(F)(F)F)cc(C(F)(F)F)c7)C(=O)C65)C(c5ccc(O)c(F)c5)C4(C)C3=O)n(C)n2)sc2ccc(Cl)cc12. The van der Waals surface area contributed by atoms with Crippen LogP contribution in [0.25, 0.3) is 20.7 Å². The summed E-state index contributed by atoms with van der Waals surface area (Å²) in [4.78, 5) is 60.3. The fourth-order valence-electron chi connectivity index (χ4n) is 9.85. The van der Waals surface area contributed by atoms with Crippen molar-refractivity contribution < 1.29 is 55.0 Å². The van der Waals surface area contributed by atoms with Gasteiger partial charge in [-0.15, -0.1) is 11.3 Å². The van der Waals surface area contributed by atoms with Crippen molar-refractivity contribution in [3.8, 4) is 16.3 Å². The van der Waals surface area contributed by atoms with Crippen molar-refractivity contribution in [3.05, 3.63) is 105 Å². The van der Waals surface area contributed by atoms with Crippen molar-refractivity contribution in [2.45, 2.75) is 45.0 Å². The molecule has 1 saturated carbocycles. The summed E-state index contributed by atoms with van der Waals surface area (Å²) in [6.07, 6.45) is -9.35. The monoisotopic (exact) mass is 870 g/mol. The number of alkyl halides is 6. The van der Waals surface area contributed by atoms with Crippen molar-refractivity contribution in [1.29, 1.82) is 0 Å². The van der Waals surface area contributed by atoms with E-state index in [9.17, 15) is 45.8 Å². The zero-order valence-corrected chi connectivity index (χ0v) is 33.0. The number of benzene rings is 3. The summed E-state index contributed by atoms with van der Waals surface area (Å²) >= 11 is 7.69. The van der Waals surface area contributed by atoms with Crippen LogP contribution in [0.2, 0.25) is 5.02 Å². The van der Waals surface area contributed by atoms with Crippen molar-refractivity contribution in [3.63, 3.8) is 0 Å². The topological polar surface area (TPSA) is 113 Å². The molecule has 60 heavy (non-hydrogen) atoms. The van der Waals surface area contributed by atoms with Gasteiger partial charge in [0.25, 0.3) is 0 Å². The summed E-state index contributed by atoms with van der Waals surface area (Å²) in [5.74, 6) is -11.1. The molecule has 2 saturated heterocycles. The molecule has 9 rings (SSSR count). The highest BCUT2D eigenvalue weighted by Gasteiger charge is 2.68. The number of carbonyl (C=O) groups is 4. The number of carbonyl (C=O) groups excluding carboxylic acids is 4. The van der Waals surface area contributed by atoms with Gasteiger partial charge in [-0.1, -0.05) is 29.3 Å². The number of imide groups is 2. The number of aryl methyl sites for hydroxylation is 2. The number of nitrogens with zero attached hydrogens (tertiary/aromatic N) is 4. The number of allylic oxidation sites excluding steroid dienone is 2. The standard InChI is InChI=1S/C42H30ClF7N4O5S/c1-17-25-14-21(43)5-9-31(25)60-35(17)29-16-32(52(3)51-29)54-37(57)27-15-26-23(34(40(27,2)39(54)59)18-4-8-30(55)28(44)10-18)6-7-24-33(26)38(58)53(36(24)56)22-12-19(41(45,46)47)11-20(13-22)42(48,49)50/h4-6,8-14,16,24,26-27,33-34,55H,7,15H2,1-3H3. The Bertz CT molecular complexity index is 2750. The first-order valence-electron chi connectivity index (χ1n) is 18.6. The van der Waals surface area contributed by atoms with Crippen LogP contribution >= 0.6 is 22.9 Å². The minimum absolute atomic E-state index is 0.107. The first-order chi connectivity index (χ1) is 28.1. The number of amides is 4. The van der Waals surface area contributed by atoms with E-state index in [0.29, 0.717) is 33.3 Å². The van der Waals surface area contributed by atoms with E-state index < -0.39 is 99.4 Å². The molecule has 4 amide bonds. The van der Waals surface area contributed by atoms with Crippen molar-refractivity contribution in [2.24, 2.45) is 36.1 Å². The predicted octanol–water partition coefficient (Wildman–Crippen LogP) is 9.58. The summed E-state index contributed by atoms with van der Waals surface area (Å²) in [7, 11) is 1.55. The molecule has 2 aliphatic heterocycles. The molecule has 310 valence electrons. The van der Waals surface area contributed by atoms with Crippen LogP contribution in [0, 0.1) is 41.8 Å². The van der Waals surface area contributed by atoms with Gasteiger partial charge < -0.3 is 5.11 Å². The molecule has 0 radical (unpaired) electrons. The number of hydrogen-bond acceptors (Lipinski definition) is 7. The number of phenols is 1. The molecule has 18 heteroatoms. The van der Waals surface area contributed by atoms with Gasteiger partial charge in [-0.3, -0.25) is 23.9 Å². The Morgan fingerprint density at radius 1 is 0.867 bits per heavy atom. The van der Waals surface area contributed by atoms with Gasteiger partial charge in [0.15, 0.2) is 11.6 Å². The Balaban J connectivity index is 1.15. The lowest BCUT2D eigenvalue weighted by molar-refractivity contribution is -0.143. The van der Waals surface area contributed by atoms with Gasteiger partial charge in [-0.05, 0) is 97.7 Å². The molecule has 5 aromatic rings. The van der Waals surface area contributed by atoms with E-state index in [2.05, 4.69) is 5.10 Å². The van der Waals surface area contributed by atoms with Crippen LogP contribution < -0.4 is 9.80 Å². The molecule has 4 aliphatic rings. The number of phenolic OH excluding ortho intramolecular Hbond substituents is 1. The molecule has 6 unspecified atom stereocenters. The summed E-state index contributed by atoms with van der Waals surface area (Å²) in [6.45, 7) is 3.44. The number of halogens is 8. The Labute approximate surface area is 344 Å². The fraction of sp³-hybridized carbons (Fsp3) is 0.310. The lowest BCUT2D eigenvalue weighted by Gasteiger charge is -2.49. The molecular weight excluding hydrogens is 841 g/mol. The highest BCUT2D eigenvalue weighted by molar-refractivity contribution is 7.22. The van der Waals surface area contributed by atoms with Gasteiger partial charge in [0.1, 0.15) is 11.5 Å². The number of rotatable bonds is 4. The second kappa shape index (κ2) is 13.2. The first kappa shape index (κ1) is 39.9. The van der Waals surface area contributed by atoms with E-state index in [0.717, 1.165) is 37.6 Å². The third-order valence-electron chi connectivity index (χ3n) is 12.6.